The molecule has 4 rings (SSSR count). The summed E-state index contributed by atoms with van der Waals surface area (Å²) in [5.74, 6) is -0.256. The zero-order chi connectivity index (χ0) is 18.1. The molecule has 0 radical (unpaired) electrons. The van der Waals surface area contributed by atoms with Gasteiger partial charge in [-0.05, 0) is 17.2 Å². The molecule has 1 aromatic heterocycles. The van der Waals surface area contributed by atoms with Crippen molar-refractivity contribution in [2.24, 2.45) is 5.73 Å². The molecule has 1 atom stereocenters. The molecule has 1 fully saturated rings. The summed E-state index contributed by atoms with van der Waals surface area (Å²) in [6, 6.07) is 14.3. The molecule has 6 nitrogen and oxygen atoms in total. The molecule has 0 spiro atoms. The Hall–Kier alpha value is -2.83. The largest absolute Gasteiger partial charge is 0.480 e. The molecule has 2 heterocycles. The summed E-state index contributed by atoms with van der Waals surface area (Å²) in [5.41, 5.74) is 6.73. The van der Waals surface area contributed by atoms with Crippen molar-refractivity contribution in [2.75, 3.05) is 13.1 Å². The van der Waals surface area contributed by atoms with E-state index in [1.54, 1.807) is 12.4 Å². The fraction of sp³-hybridized carbons (Fsp3) is 0.250. The molecule has 132 valence electrons. The summed E-state index contributed by atoms with van der Waals surface area (Å²) in [4.78, 5) is 22.3. The lowest BCUT2D eigenvalue weighted by Gasteiger charge is -2.19. The van der Waals surface area contributed by atoms with Gasteiger partial charge in [0.15, 0.2) is 5.82 Å². The number of aromatic nitrogens is 2. The topological polar surface area (TPSA) is 92.3 Å². The van der Waals surface area contributed by atoms with Crippen LogP contribution in [0, 0.1) is 0 Å². The van der Waals surface area contributed by atoms with E-state index in [2.05, 4.69) is 28.2 Å². The molecule has 6 heteroatoms. The highest BCUT2D eigenvalue weighted by molar-refractivity contribution is 5.94. The Balaban J connectivity index is 1.53. The lowest BCUT2D eigenvalue weighted by Crippen LogP contribution is -2.50. The molecular formula is C20H20N4O2. The van der Waals surface area contributed by atoms with Crippen molar-refractivity contribution in [3.8, 4) is 11.4 Å². The van der Waals surface area contributed by atoms with Crippen LogP contribution in [0.4, 0.5) is 0 Å². The first-order valence-corrected chi connectivity index (χ1v) is 8.59. The molecule has 1 aliphatic heterocycles. The Bertz CT molecular complexity index is 952. The summed E-state index contributed by atoms with van der Waals surface area (Å²) < 4.78 is 0. The lowest BCUT2D eigenvalue weighted by atomic mass is 10.0. The molecule has 3 aromatic rings. The van der Waals surface area contributed by atoms with E-state index in [0.717, 1.165) is 21.9 Å². The average molecular weight is 348 g/mol. The van der Waals surface area contributed by atoms with Crippen LogP contribution in [0.1, 0.15) is 12.0 Å². The number of carboxylic acid groups (broad SMARTS) is 1. The number of carbonyl (C=O) groups is 1. The first kappa shape index (κ1) is 16.6. The van der Waals surface area contributed by atoms with Crippen molar-refractivity contribution < 1.29 is 9.90 Å². The fourth-order valence-electron chi connectivity index (χ4n) is 3.48. The number of aliphatic carboxylic acids is 1. The van der Waals surface area contributed by atoms with Gasteiger partial charge in [-0.25, -0.2) is 9.97 Å². The van der Waals surface area contributed by atoms with Crippen LogP contribution in [-0.2, 0) is 11.3 Å². The van der Waals surface area contributed by atoms with E-state index in [-0.39, 0.29) is 0 Å². The van der Waals surface area contributed by atoms with Crippen molar-refractivity contribution in [3.63, 3.8) is 0 Å². The molecule has 3 N–H and O–H groups in total. The highest BCUT2D eigenvalue weighted by Crippen LogP contribution is 2.26. The van der Waals surface area contributed by atoms with Gasteiger partial charge in [-0.2, -0.15) is 0 Å². The average Bonchev–Trinajstić information content (AvgIpc) is 3.04. The predicted molar refractivity (Wildman–Crippen MR) is 99.4 cm³/mol. The van der Waals surface area contributed by atoms with E-state index in [1.165, 1.54) is 0 Å². The second-order valence-electron chi connectivity index (χ2n) is 6.86. The zero-order valence-corrected chi connectivity index (χ0v) is 14.3. The third-order valence-corrected chi connectivity index (χ3v) is 4.95. The van der Waals surface area contributed by atoms with Crippen molar-refractivity contribution in [3.05, 3.63) is 60.4 Å². The highest BCUT2D eigenvalue weighted by atomic mass is 16.4. The number of hydrogen-bond acceptors (Lipinski definition) is 5. The van der Waals surface area contributed by atoms with Gasteiger partial charge in [0, 0.05) is 43.2 Å². The van der Waals surface area contributed by atoms with Crippen LogP contribution in [0.15, 0.2) is 54.9 Å². The molecule has 1 aliphatic rings. The van der Waals surface area contributed by atoms with Crippen molar-refractivity contribution in [1.29, 1.82) is 0 Å². The van der Waals surface area contributed by atoms with E-state index < -0.39 is 11.5 Å². The third kappa shape index (κ3) is 3.05. The van der Waals surface area contributed by atoms with Crippen LogP contribution in [0.5, 0.6) is 0 Å². The Morgan fingerprint density at radius 3 is 2.62 bits per heavy atom. The summed E-state index contributed by atoms with van der Waals surface area (Å²) in [6.45, 7) is 1.60. The van der Waals surface area contributed by atoms with Gasteiger partial charge in [-0.3, -0.25) is 9.69 Å². The molecule has 1 saturated heterocycles. The quantitative estimate of drug-likeness (QED) is 0.751. The second kappa shape index (κ2) is 6.48. The molecule has 2 aromatic carbocycles. The number of nitrogens with two attached hydrogens (primary N) is 1. The molecule has 26 heavy (non-hydrogen) atoms. The van der Waals surface area contributed by atoms with Gasteiger partial charge in [0.2, 0.25) is 0 Å². The van der Waals surface area contributed by atoms with Crippen molar-refractivity contribution in [2.45, 2.75) is 18.5 Å². The minimum Gasteiger partial charge on any atom is -0.480 e. The SMILES string of the molecule is N[C@]1(C(=O)O)CCN(Cc2cnc(-c3cccc4ccccc34)nc2)C1. The minimum atomic E-state index is -1.15. The van der Waals surface area contributed by atoms with Gasteiger partial charge in [0.1, 0.15) is 5.54 Å². The maximum Gasteiger partial charge on any atom is 0.325 e. The molecule has 0 aliphatic carbocycles. The Morgan fingerprint density at radius 1 is 1.15 bits per heavy atom. The van der Waals surface area contributed by atoms with E-state index in [9.17, 15) is 9.90 Å². The lowest BCUT2D eigenvalue weighted by molar-refractivity contribution is -0.142. The Kier molecular flexibility index (Phi) is 4.14. The predicted octanol–water partition coefficient (Wildman–Crippen LogP) is 2.28. The number of likely N-dealkylation sites (tertiary alicyclic amines) is 1. The number of carboxylic acids is 1. The van der Waals surface area contributed by atoms with Gasteiger partial charge in [0.25, 0.3) is 0 Å². The smallest absolute Gasteiger partial charge is 0.325 e. The third-order valence-electron chi connectivity index (χ3n) is 4.95. The molecule has 0 unspecified atom stereocenters. The van der Waals surface area contributed by atoms with Gasteiger partial charge in [-0.15, -0.1) is 0 Å². The van der Waals surface area contributed by atoms with E-state index in [0.29, 0.717) is 31.9 Å². The Labute approximate surface area is 151 Å². The molecule has 0 bridgehead atoms. The van der Waals surface area contributed by atoms with Crippen LogP contribution in [-0.4, -0.2) is 44.6 Å². The van der Waals surface area contributed by atoms with E-state index in [4.69, 9.17) is 5.73 Å². The highest BCUT2D eigenvalue weighted by Gasteiger charge is 2.41. The fourth-order valence-corrected chi connectivity index (χ4v) is 3.48. The van der Waals surface area contributed by atoms with Crippen molar-refractivity contribution in [1.82, 2.24) is 14.9 Å². The van der Waals surface area contributed by atoms with Crippen molar-refractivity contribution >= 4 is 16.7 Å². The summed E-state index contributed by atoms with van der Waals surface area (Å²) >= 11 is 0. The standard InChI is InChI=1S/C20H20N4O2/c21-20(19(25)26)8-9-24(13-20)12-14-10-22-18(23-11-14)17-7-3-5-15-4-1-2-6-16(15)17/h1-7,10-11H,8-9,12-13,21H2,(H,25,26)/t20-/m1/s1. The molecular weight excluding hydrogens is 328 g/mol. The monoisotopic (exact) mass is 348 g/mol. The number of nitrogens with zero attached hydrogens (tertiary/aromatic N) is 3. The second-order valence-corrected chi connectivity index (χ2v) is 6.86. The summed E-state index contributed by atoms with van der Waals surface area (Å²) in [7, 11) is 0. The summed E-state index contributed by atoms with van der Waals surface area (Å²) in [6.07, 6.45) is 4.07. The van der Waals surface area contributed by atoms with Crippen LogP contribution >= 0.6 is 0 Å². The first-order valence-electron chi connectivity index (χ1n) is 8.59. The number of fused-ring (bicyclic) bond motifs is 1. The van der Waals surface area contributed by atoms with E-state index in [1.807, 2.05) is 29.2 Å². The number of rotatable bonds is 4. The maximum absolute atomic E-state index is 11.3. The van der Waals surface area contributed by atoms with Crippen LogP contribution in [0.3, 0.4) is 0 Å². The van der Waals surface area contributed by atoms with Gasteiger partial charge >= 0.3 is 5.97 Å². The first-order chi connectivity index (χ1) is 12.5. The number of hydrogen-bond donors (Lipinski definition) is 2. The normalized spacial score (nSPS) is 20.5. The molecule has 0 saturated carbocycles. The molecule has 0 amide bonds. The van der Waals surface area contributed by atoms with Gasteiger partial charge in [0.05, 0.1) is 0 Å². The minimum absolute atomic E-state index is 0.341. The number of benzene rings is 2. The van der Waals surface area contributed by atoms with Crippen LogP contribution < -0.4 is 5.73 Å². The zero-order valence-electron chi connectivity index (χ0n) is 14.3. The maximum atomic E-state index is 11.3. The van der Waals surface area contributed by atoms with Crippen LogP contribution in [0.2, 0.25) is 0 Å². The Morgan fingerprint density at radius 2 is 1.88 bits per heavy atom. The van der Waals surface area contributed by atoms with Gasteiger partial charge < -0.3 is 10.8 Å². The summed E-state index contributed by atoms with van der Waals surface area (Å²) in [5, 5.41) is 11.5. The van der Waals surface area contributed by atoms with Gasteiger partial charge in [-0.1, -0.05) is 42.5 Å². The van der Waals surface area contributed by atoms with E-state index >= 15 is 0 Å². The van der Waals surface area contributed by atoms with Crippen LogP contribution in [0.25, 0.3) is 22.2 Å².